The largest absolute Gasteiger partial charge is 0.478 e. The van der Waals surface area contributed by atoms with Crippen LogP contribution >= 0.6 is 0 Å². The molecule has 0 aliphatic carbocycles. The molecule has 4 aromatic rings. The average Bonchev–Trinajstić information content (AvgIpc) is 2.84. The summed E-state index contributed by atoms with van der Waals surface area (Å²) in [6, 6.07) is 18.7. The average molecular weight is 477 g/mol. The van der Waals surface area contributed by atoms with E-state index in [4.69, 9.17) is 9.84 Å². The molecule has 0 aromatic heterocycles. The second-order valence-electron chi connectivity index (χ2n) is 7.61. The van der Waals surface area contributed by atoms with Gasteiger partial charge in [0.25, 0.3) is 5.91 Å². The van der Waals surface area contributed by atoms with Gasteiger partial charge in [0.15, 0.2) is 0 Å². The number of carbonyl (C=O) groups excluding carboxylic acids is 1. The molecule has 4 rings (SSSR count). The third-order valence-electron chi connectivity index (χ3n) is 5.12. The van der Waals surface area contributed by atoms with Gasteiger partial charge in [-0.3, -0.25) is 4.79 Å². The number of hydrogen-bond donors (Lipinski definition) is 2. The van der Waals surface area contributed by atoms with Crippen LogP contribution in [-0.2, 0) is 6.54 Å². The van der Waals surface area contributed by atoms with E-state index in [1.54, 1.807) is 18.2 Å². The Morgan fingerprint density at radius 3 is 2.03 bits per heavy atom. The number of nitrogens with one attached hydrogen (secondary N) is 1. The minimum atomic E-state index is -1.06. The van der Waals surface area contributed by atoms with E-state index in [1.165, 1.54) is 48.5 Å². The maximum absolute atomic E-state index is 13.7. The first kappa shape index (κ1) is 23.6. The SMILES string of the molecule is O=C(O)c1ccc(CNC(=O)c2cc(-c3cc(F)cc(F)c3)ccc2Oc2ccc(F)cc2)cc1. The Kier molecular flexibility index (Phi) is 6.82. The number of halogens is 3. The van der Waals surface area contributed by atoms with Gasteiger partial charge in [-0.15, -0.1) is 0 Å². The smallest absolute Gasteiger partial charge is 0.335 e. The number of rotatable bonds is 7. The molecule has 2 N–H and O–H groups in total. The van der Waals surface area contributed by atoms with Gasteiger partial charge in [0, 0.05) is 12.6 Å². The van der Waals surface area contributed by atoms with Crippen LogP contribution in [-0.4, -0.2) is 17.0 Å². The molecule has 0 bridgehead atoms. The van der Waals surface area contributed by atoms with Crippen molar-refractivity contribution in [3.8, 4) is 22.6 Å². The van der Waals surface area contributed by atoms with Crippen LogP contribution < -0.4 is 10.1 Å². The van der Waals surface area contributed by atoms with E-state index in [9.17, 15) is 22.8 Å². The fraction of sp³-hybridized carbons (Fsp3) is 0.0370. The van der Waals surface area contributed by atoms with Crippen molar-refractivity contribution >= 4 is 11.9 Å². The molecule has 0 unspecified atom stereocenters. The molecule has 176 valence electrons. The van der Waals surface area contributed by atoms with Crippen molar-refractivity contribution < 1.29 is 32.6 Å². The van der Waals surface area contributed by atoms with E-state index < -0.39 is 29.3 Å². The van der Waals surface area contributed by atoms with Crippen molar-refractivity contribution in [1.82, 2.24) is 5.32 Å². The van der Waals surface area contributed by atoms with E-state index in [0.717, 1.165) is 18.2 Å². The summed E-state index contributed by atoms with van der Waals surface area (Å²) >= 11 is 0. The van der Waals surface area contributed by atoms with Crippen LogP contribution in [0.15, 0.2) is 84.9 Å². The summed E-state index contributed by atoms with van der Waals surface area (Å²) in [4.78, 5) is 24.1. The van der Waals surface area contributed by atoms with E-state index in [2.05, 4.69) is 5.32 Å². The molecule has 4 aromatic carbocycles. The Morgan fingerprint density at radius 2 is 1.40 bits per heavy atom. The zero-order valence-electron chi connectivity index (χ0n) is 18.1. The zero-order chi connectivity index (χ0) is 24.9. The summed E-state index contributed by atoms with van der Waals surface area (Å²) in [6.45, 7) is 0.0908. The molecule has 35 heavy (non-hydrogen) atoms. The lowest BCUT2D eigenvalue weighted by Gasteiger charge is -2.14. The highest BCUT2D eigenvalue weighted by molar-refractivity contribution is 5.98. The van der Waals surface area contributed by atoms with E-state index in [1.807, 2.05) is 0 Å². The molecule has 0 atom stereocenters. The Labute approximate surface area is 198 Å². The van der Waals surface area contributed by atoms with Crippen molar-refractivity contribution in [3.05, 3.63) is 119 Å². The van der Waals surface area contributed by atoms with Crippen LogP contribution in [0.1, 0.15) is 26.3 Å². The first-order valence-electron chi connectivity index (χ1n) is 10.4. The van der Waals surface area contributed by atoms with Gasteiger partial charge in [-0.25, -0.2) is 18.0 Å². The van der Waals surface area contributed by atoms with Gasteiger partial charge in [0.05, 0.1) is 11.1 Å². The number of hydrogen-bond acceptors (Lipinski definition) is 3. The second-order valence-corrected chi connectivity index (χ2v) is 7.61. The van der Waals surface area contributed by atoms with E-state index in [0.29, 0.717) is 11.1 Å². The highest BCUT2D eigenvalue weighted by atomic mass is 19.1. The van der Waals surface area contributed by atoms with Crippen molar-refractivity contribution in [3.63, 3.8) is 0 Å². The summed E-state index contributed by atoms with van der Waals surface area (Å²) in [5.41, 5.74) is 1.47. The molecule has 0 aliphatic rings. The fourth-order valence-corrected chi connectivity index (χ4v) is 3.37. The number of benzene rings is 4. The van der Waals surface area contributed by atoms with Crippen molar-refractivity contribution in [2.75, 3.05) is 0 Å². The lowest BCUT2D eigenvalue weighted by molar-refractivity contribution is 0.0696. The molecule has 0 heterocycles. The fourth-order valence-electron chi connectivity index (χ4n) is 3.37. The molecule has 1 amide bonds. The molecule has 0 saturated heterocycles. The molecule has 0 saturated carbocycles. The van der Waals surface area contributed by atoms with Gasteiger partial charge >= 0.3 is 5.97 Å². The van der Waals surface area contributed by atoms with Crippen LogP contribution in [0.5, 0.6) is 11.5 Å². The quantitative estimate of drug-likeness (QED) is 0.333. The third kappa shape index (κ3) is 5.86. The molecule has 8 heteroatoms. The van der Waals surface area contributed by atoms with E-state index >= 15 is 0 Å². The van der Waals surface area contributed by atoms with Gasteiger partial charge in [0.1, 0.15) is 29.0 Å². The molecule has 5 nitrogen and oxygen atoms in total. The molecule has 0 aliphatic heterocycles. The normalized spacial score (nSPS) is 10.6. The molecule has 0 fully saturated rings. The number of aromatic carboxylic acids is 1. The predicted octanol–water partition coefficient (Wildman–Crippen LogP) is 6.19. The number of carboxylic acids is 1. The third-order valence-corrected chi connectivity index (χ3v) is 5.12. The van der Waals surface area contributed by atoms with Gasteiger partial charge in [-0.1, -0.05) is 18.2 Å². The molecular weight excluding hydrogens is 459 g/mol. The lowest BCUT2D eigenvalue weighted by Crippen LogP contribution is -2.23. The standard InChI is InChI=1S/C27H18F3NO4/c28-20-6-8-23(9-7-20)35-25-10-5-18(19-11-21(29)14-22(30)12-19)13-24(25)26(32)31-15-16-1-3-17(4-2-16)27(33)34/h1-14H,15H2,(H,31,32)(H,33,34). The van der Waals surface area contributed by atoms with Gasteiger partial charge in [0.2, 0.25) is 0 Å². The first-order valence-corrected chi connectivity index (χ1v) is 10.4. The summed E-state index contributed by atoms with van der Waals surface area (Å²) in [5, 5.41) is 11.7. The van der Waals surface area contributed by atoms with Crippen molar-refractivity contribution in [2.24, 2.45) is 0 Å². The second kappa shape index (κ2) is 10.1. The van der Waals surface area contributed by atoms with Crippen LogP contribution in [0.3, 0.4) is 0 Å². The minimum Gasteiger partial charge on any atom is -0.478 e. The Balaban J connectivity index is 1.64. The first-order chi connectivity index (χ1) is 16.8. The lowest BCUT2D eigenvalue weighted by atomic mass is 10.0. The molecule has 0 radical (unpaired) electrons. The van der Waals surface area contributed by atoms with Crippen molar-refractivity contribution in [2.45, 2.75) is 6.54 Å². The van der Waals surface area contributed by atoms with Gasteiger partial charge in [-0.2, -0.15) is 0 Å². The highest BCUT2D eigenvalue weighted by Gasteiger charge is 2.16. The number of carboxylic acid groups (broad SMARTS) is 1. The van der Waals surface area contributed by atoms with Crippen LogP contribution in [0.4, 0.5) is 13.2 Å². The highest BCUT2D eigenvalue weighted by Crippen LogP contribution is 2.31. The zero-order valence-corrected chi connectivity index (χ0v) is 18.1. The topological polar surface area (TPSA) is 75.6 Å². The van der Waals surface area contributed by atoms with Gasteiger partial charge in [-0.05, 0) is 77.4 Å². The number of ether oxygens (including phenoxy) is 1. The Bertz CT molecular complexity index is 1370. The summed E-state index contributed by atoms with van der Waals surface area (Å²) in [5.74, 6) is -3.14. The number of amides is 1. The predicted molar refractivity (Wildman–Crippen MR) is 123 cm³/mol. The summed E-state index contributed by atoms with van der Waals surface area (Å²) in [7, 11) is 0. The monoisotopic (exact) mass is 477 g/mol. The number of carbonyl (C=O) groups is 2. The minimum absolute atomic E-state index is 0.0821. The summed E-state index contributed by atoms with van der Waals surface area (Å²) in [6.07, 6.45) is 0. The Hall–Kier alpha value is -4.59. The van der Waals surface area contributed by atoms with Crippen LogP contribution in [0, 0.1) is 17.5 Å². The molecular formula is C27H18F3NO4. The summed E-state index contributed by atoms with van der Waals surface area (Å²) < 4.78 is 46.5. The van der Waals surface area contributed by atoms with Crippen molar-refractivity contribution in [1.29, 1.82) is 0 Å². The maximum atomic E-state index is 13.7. The van der Waals surface area contributed by atoms with Gasteiger partial charge < -0.3 is 15.2 Å². The Morgan fingerprint density at radius 1 is 0.743 bits per heavy atom. The van der Waals surface area contributed by atoms with Crippen LogP contribution in [0.2, 0.25) is 0 Å². The maximum Gasteiger partial charge on any atom is 0.335 e. The van der Waals surface area contributed by atoms with Crippen LogP contribution in [0.25, 0.3) is 11.1 Å². The molecule has 0 spiro atoms. The van der Waals surface area contributed by atoms with E-state index in [-0.39, 0.29) is 34.7 Å².